The molecule has 0 fully saturated rings. The van der Waals surface area contributed by atoms with Gasteiger partial charge in [-0.15, -0.1) is 10.2 Å². The van der Waals surface area contributed by atoms with Gasteiger partial charge < -0.3 is 5.32 Å². The van der Waals surface area contributed by atoms with Gasteiger partial charge >= 0.3 is 0 Å². The van der Waals surface area contributed by atoms with Crippen molar-refractivity contribution in [2.24, 2.45) is 0 Å². The van der Waals surface area contributed by atoms with Gasteiger partial charge in [-0.3, -0.25) is 9.20 Å². The molecule has 3 aromatic rings. The summed E-state index contributed by atoms with van der Waals surface area (Å²) in [6.07, 6.45) is 1.86. The van der Waals surface area contributed by atoms with E-state index in [2.05, 4.69) is 15.5 Å². The SMILES string of the molecule is CC(Sc1nnc2ccccn12)C(=O)Nc1cccc(C#N)c1. The molecule has 0 aliphatic carbocycles. The molecule has 7 heteroatoms. The molecule has 114 valence electrons. The fourth-order valence-corrected chi connectivity index (χ4v) is 2.86. The van der Waals surface area contributed by atoms with E-state index in [1.54, 1.807) is 31.2 Å². The Hall–Kier alpha value is -2.85. The molecule has 0 aliphatic heterocycles. The fourth-order valence-electron chi connectivity index (χ4n) is 2.02. The van der Waals surface area contributed by atoms with Crippen LogP contribution in [0.4, 0.5) is 5.69 Å². The average Bonchev–Trinajstić information content (AvgIpc) is 2.98. The molecule has 0 aliphatic rings. The van der Waals surface area contributed by atoms with Crippen LogP contribution in [0, 0.1) is 11.3 Å². The zero-order valence-electron chi connectivity index (χ0n) is 12.3. The van der Waals surface area contributed by atoms with Crippen LogP contribution in [0.25, 0.3) is 5.65 Å². The Morgan fingerprint density at radius 3 is 3.00 bits per heavy atom. The van der Waals surface area contributed by atoms with Crippen molar-refractivity contribution in [3.63, 3.8) is 0 Å². The standard InChI is InChI=1S/C16H13N5OS/c1-11(15(22)18-13-6-4-5-12(9-13)10-17)23-16-20-19-14-7-2-3-8-21(14)16/h2-9,11H,1H3,(H,18,22). The van der Waals surface area contributed by atoms with E-state index in [0.29, 0.717) is 16.4 Å². The van der Waals surface area contributed by atoms with Gasteiger partial charge in [0.15, 0.2) is 10.8 Å². The van der Waals surface area contributed by atoms with Crippen LogP contribution < -0.4 is 5.32 Å². The number of hydrogen-bond donors (Lipinski definition) is 1. The third kappa shape index (κ3) is 3.33. The third-order valence-corrected chi connectivity index (χ3v) is 4.25. The number of nitriles is 1. The van der Waals surface area contributed by atoms with E-state index in [1.165, 1.54) is 11.8 Å². The number of nitrogens with zero attached hydrogens (tertiary/aromatic N) is 4. The zero-order valence-corrected chi connectivity index (χ0v) is 13.1. The Morgan fingerprint density at radius 2 is 2.17 bits per heavy atom. The van der Waals surface area contributed by atoms with Gasteiger partial charge in [0.25, 0.3) is 0 Å². The van der Waals surface area contributed by atoms with E-state index < -0.39 is 0 Å². The number of benzene rings is 1. The first-order valence-electron chi connectivity index (χ1n) is 6.95. The summed E-state index contributed by atoms with van der Waals surface area (Å²) in [7, 11) is 0. The molecular weight excluding hydrogens is 310 g/mol. The van der Waals surface area contributed by atoms with Crippen molar-refractivity contribution >= 4 is 29.0 Å². The highest BCUT2D eigenvalue weighted by Crippen LogP contribution is 2.23. The lowest BCUT2D eigenvalue weighted by molar-refractivity contribution is -0.115. The molecule has 0 saturated heterocycles. The Kier molecular flexibility index (Phi) is 4.26. The number of carbonyl (C=O) groups is 1. The fraction of sp³-hybridized carbons (Fsp3) is 0.125. The summed E-state index contributed by atoms with van der Waals surface area (Å²) in [6.45, 7) is 1.80. The van der Waals surface area contributed by atoms with Crippen LogP contribution in [0.2, 0.25) is 0 Å². The summed E-state index contributed by atoms with van der Waals surface area (Å²) in [5.41, 5.74) is 1.85. The topological polar surface area (TPSA) is 83.1 Å². The predicted molar refractivity (Wildman–Crippen MR) is 88.1 cm³/mol. The number of nitrogens with one attached hydrogen (secondary N) is 1. The lowest BCUT2D eigenvalue weighted by Gasteiger charge is -2.11. The maximum Gasteiger partial charge on any atom is 0.237 e. The van der Waals surface area contributed by atoms with E-state index in [0.717, 1.165) is 5.65 Å². The first-order chi connectivity index (χ1) is 11.2. The normalized spacial score (nSPS) is 11.8. The minimum absolute atomic E-state index is 0.155. The van der Waals surface area contributed by atoms with Crippen molar-refractivity contribution in [2.45, 2.75) is 17.3 Å². The minimum Gasteiger partial charge on any atom is -0.325 e. The quantitative estimate of drug-likeness (QED) is 0.746. The van der Waals surface area contributed by atoms with Gasteiger partial charge in [0, 0.05) is 11.9 Å². The highest BCUT2D eigenvalue weighted by Gasteiger charge is 2.18. The van der Waals surface area contributed by atoms with Crippen LogP contribution in [0.1, 0.15) is 12.5 Å². The average molecular weight is 323 g/mol. The molecule has 1 atom stereocenters. The van der Waals surface area contributed by atoms with E-state index in [9.17, 15) is 4.79 Å². The van der Waals surface area contributed by atoms with Gasteiger partial charge in [-0.1, -0.05) is 23.9 Å². The second kappa shape index (κ2) is 6.50. The molecule has 0 radical (unpaired) electrons. The lowest BCUT2D eigenvalue weighted by Crippen LogP contribution is -2.22. The molecule has 1 N–H and O–H groups in total. The molecule has 3 rings (SSSR count). The molecule has 1 unspecified atom stereocenters. The van der Waals surface area contributed by atoms with Crippen LogP contribution >= 0.6 is 11.8 Å². The van der Waals surface area contributed by atoms with Crippen LogP contribution in [-0.4, -0.2) is 25.8 Å². The van der Waals surface area contributed by atoms with E-state index in [4.69, 9.17) is 5.26 Å². The number of amides is 1. The summed E-state index contributed by atoms with van der Waals surface area (Å²) in [5.74, 6) is -0.155. The molecule has 1 aromatic carbocycles. The predicted octanol–water partition coefficient (Wildman–Crippen LogP) is 2.72. The summed E-state index contributed by atoms with van der Waals surface area (Å²) in [6, 6.07) is 14.5. The molecule has 0 spiro atoms. The van der Waals surface area contributed by atoms with E-state index in [1.807, 2.05) is 34.9 Å². The second-order valence-corrected chi connectivity index (χ2v) is 6.16. The Bertz CT molecular complexity index is 899. The van der Waals surface area contributed by atoms with Crippen molar-refractivity contribution < 1.29 is 4.79 Å². The lowest BCUT2D eigenvalue weighted by atomic mass is 10.2. The Balaban J connectivity index is 1.71. The molecule has 2 heterocycles. The molecule has 2 aromatic heterocycles. The Morgan fingerprint density at radius 1 is 1.30 bits per heavy atom. The van der Waals surface area contributed by atoms with Crippen molar-refractivity contribution in [1.82, 2.24) is 14.6 Å². The van der Waals surface area contributed by atoms with E-state index in [-0.39, 0.29) is 11.2 Å². The van der Waals surface area contributed by atoms with Gasteiger partial charge in [-0.05, 0) is 37.3 Å². The maximum atomic E-state index is 12.3. The van der Waals surface area contributed by atoms with Crippen LogP contribution in [-0.2, 0) is 4.79 Å². The number of aromatic nitrogens is 3. The van der Waals surface area contributed by atoms with Crippen molar-refractivity contribution in [2.75, 3.05) is 5.32 Å². The first kappa shape index (κ1) is 15.1. The van der Waals surface area contributed by atoms with Gasteiger partial charge in [0.05, 0.1) is 16.9 Å². The minimum atomic E-state index is -0.353. The number of rotatable bonds is 4. The van der Waals surface area contributed by atoms with Gasteiger partial charge in [-0.2, -0.15) is 5.26 Å². The maximum absolute atomic E-state index is 12.3. The summed E-state index contributed by atoms with van der Waals surface area (Å²) in [5, 5.41) is 20.2. The number of pyridine rings is 1. The number of anilines is 1. The number of thioether (sulfide) groups is 1. The van der Waals surface area contributed by atoms with Crippen LogP contribution in [0.5, 0.6) is 0 Å². The summed E-state index contributed by atoms with van der Waals surface area (Å²) in [4.78, 5) is 12.3. The van der Waals surface area contributed by atoms with E-state index >= 15 is 0 Å². The molecule has 0 bridgehead atoms. The van der Waals surface area contributed by atoms with Crippen molar-refractivity contribution in [3.8, 4) is 6.07 Å². The summed E-state index contributed by atoms with van der Waals surface area (Å²) < 4.78 is 1.84. The van der Waals surface area contributed by atoms with Gasteiger partial charge in [0.2, 0.25) is 5.91 Å². The molecule has 23 heavy (non-hydrogen) atoms. The monoisotopic (exact) mass is 323 g/mol. The number of fused-ring (bicyclic) bond motifs is 1. The summed E-state index contributed by atoms with van der Waals surface area (Å²) >= 11 is 1.33. The number of carbonyl (C=O) groups excluding carboxylic acids is 1. The van der Waals surface area contributed by atoms with Gasteiger partial charge in [-0.25, -0.2) is 0 Å². The highest BCUT2D eigenvalue weighted by atomic mass is 32.2. The molecule has 1 amide bonds. The van der Waals surface area contributed by atoms with Crippen LogP contribution in [0.3, 0.4) is 0 Å². The zero-order chi connectivity index (χ0) is 16.2. The van der Waals surface area contributed by atoms with Crippen LogP contribution in [0.15, 0.2) is 53.8 Å². The van der Waals surface area contributed by atoms with Crippen molar-refractivity contribution in [1.29, 1.82) is 5.26 Å². The van der Waals surface area contributed by atoms with Gasteiger partial charge in [0.1, 0.15) is 0 Å². The molecule has 6 nitrogen and oxygen atoms in total. The third-order valence-electron chi connectivity index (χ3n) is 3.19. The Labute approximate surface area is 137 Å². The van der Waals surface area contributed by atoms with Crippen molar-refractivity contribution in [3.05, 3.63) is 54.2 Å². The smallest absolute Gasteiger partial charge is 0.237 e. The highest BCUT2D eigenvalue weighted by molar-refractivity contribution is 8.00. The second-order valence-electron chi connectivity index (χ2n) is 4.85. The number of hydrogen-bond acceptors (Lipinski definition) is 5. The largest absolute Gasteiger partial charge is 0.325 e. The molecule has 0 saturated carbocycles. The molecular formula is C16H13N5OS. The first-order valence-corrected chi connectivity index (χ1v) is 7.83.